The second-order valence-corrected chi connectivity index (χ2v) is 10.4. The zero-order chi connectivity index (χ0) is 30.1. The van der Waals surface area contributed by atoms with E-state index in [0.29, 0.717) is 29.6 Å². The quantitative estimate of drug-likeness (QED) is 0.321. The number of aliphatic hydroxyl groups excluding tert-OH is 3. The Morgan fingerprint density at radius 1 is 1.07 bits per heavy atom. The summed E-state index contributed by atoms with van der Waals surface area (Å²) in [4.78, 5) is 24.6. The average Bonchev–Trinajstić information content (AvgIpc) is 2.90. The first-order valence-electron chi connectivity index (χ1n) is 13.2. The Bertz CT molecular complexity index is 1060. The van der Waals surface area contributed by atoms with Gasteiger partial charge in [0.25, 0.3) is 5.91 Å². The van der Waals surface area contributed by atoms with E-state index in [1.165, 1.54) is 33.5 Å². The monoisotopic (exact) mass is 564 g/mol. The van der Waals surface area contributed by atoms with Gasteiger partial charge in [0.05, 0.1) is 25.0 Å². The molecule has 0 fully saturated rings. The van der Waals surface area contributed by atoms with Crippen molar-refractivity contribution in [2.24, 2.45) is 17.6 Å². The first-order chi connectivity index (χ1) is 18.8. The van der Waals surface area contributed by atoms with Crippen LogP contribution < -0.4 is 11.1 Å². The van der Waals surface area contributed by atoms with Crippen molar-refractivity contribution in [3.8, 4) is 0 Å². The van der Waals surface area contributed by atoms with Gasteiger partial charge in [0.2, 0.25) is 0 Å². The molecule has 11 nitrogen and oxygen atoms in total. The van der Waals surface area contributed by atoms with Crippen molar-refractivity contribution in [2.45, 2.75) is 77.2 Å². The number of methoxy groups -OCH3 is 3. The highest BCUT2D eigenvalue weighted by molar-refractivity contribution is 5.94. The van der Waals surface area contributed by atoms with E-state index in [1.807, 2.05) is 13.8 Å². The predicted octanol–water partition coefficient (Wildman–Crippen LogP) is 1.99. The molecule has 2 aliphatic rings. The maximum Gasteiger partial charge on any atom is 0.405 e. The summed E-state index contributed by atoms with van der Waals surface area (Å²) in [5, 5.41) is 35.7. The Kier molecular flexibility index (Phi) is 12.6. The van der Waals surface area contributed by atoms with Crippen LogP contribution >= 0.6 is 0 Å². The Morgan fingerprint density at radius 2 is 1.75 bits per heavy atom. The molecule has 40 heavy (non-hydrogen) atoms. The second kappa shape index (κ2) is 15.2. The molecule has 6 N–H and O–H groups in total. The molecule has 2 amide bonds. The number of ether oxygens (including phenoxy) is 4. The number of hydrogen-bond acceptors (Lipinski definition) is 9. The van der Waals surface area contributed by atoms with Gasteiger partial charge in [-0.2, -0.15) is 0 Å². The normalized spacial score (nSPS) is 33.0. The molecule has 0 radical (unpaired) electrons. The van der Waals surface area contributed by atoms with Crippen molar-refractivity contribution in [3.63, 3.8) is 0 Å². The van der Waals surface area contributed by atoms with E-state index in [2.05, 4.69) is 5.32 Å². The number of primary amides is 1. The third kappa shape index (κ3) is 8.52. The van der Waals surface area contributed by atoms with Crippen LogP contribution in [-0.4, -0.2) is 85.3 Å². The van der Waals surface area contributed by atoms with Crippen LogP contribution in [0, 0.1) is 11.8 Å². The van der Waals surface area contributed by atoms with Crippen LogP contribution in [0.1, 0.15) is 40.5 Å². The van der Waals surface area contributed by atoms with E-state index >= 15 is 0 Å². The van der Waals surface area contributed by atoms with Crippen LogP contribution in [0.5, 0.6) is 0 Å². The number of amides is 2. The van der Waals surface area contributed by atoms with Crippen LogP contribution in [-0.2, 0) is 23.7 Å². The molecular formula is C29H44N2O9. The maximum absolute atomic E-state index is 12.9. The summed E-state index contributed by atoms with van der Waals surface area (Å²) in [7, 11) is 4.37. The van der Waals surface area contributed by atoms with Gasteiger partial charge >= 0.3 is 6.09 Å². The number of carbonyl (C=O) groups excluding carboxylic acids is 2. The Hall–Kier alpha value is -2.96. The van der Waals surface area contributed by atoms with Crippen molar-refractivity contribution in [3.05, 3.63) is 58.6 Å². The van der Waals surface area contributed by atoms with E-state index in [1.54, 1.807) is 32.1 Å². The van der Waals surface area contributed by atoms with Crippen LogP contribution in [0.3, 0.4) is 0 Å². The molecule has 2 unspecified atom stereocenters. The minimum absolute atomic E-state index is 0.120. The number of carbonyl (C=O) groups is 2. The molecule has 1 heterocycles. The highest BCUT2D eigenvalue weighted by Crippen LogP contribution is 2.32. The first-order valence-corrected chi connectivity index (χ1v) is 13.2. The van der Waals surface area contributed by atoms with Gasteiger partial charge in [0.15, 0.2) is 6.10 Å². The summed E-state index contributed by atoms with van der Waals surface area (Å²) in [6.07, 6.45) is 2.07. The number of nitrogens with two attached hydrogens (primary N) is 1. The Balaban J connectivity index is 2.58. The molecule has 0 aromatic heterocycles. The van der Waals surface area contributed by atoms with Crippen molar-refractivity contribution >= 4 is 12.0 Å². The van der Waals surface area contributed by atoms with E-state index < -0.39 is 54.5 Å². The summed E-state index contributed by atoms with van der Waals surface area (Å²) in [6.45, 7) is 7.09. The van der Waals surface area contributed by atoms with E-state index in [0.717, 1.165) is 0 Å². The fourth-order valence-electron chi connectivity index (χ4n) is 5.06. The maximum atomic E-state index is 12.9. The van der Waals surface area contributed by atoms with Gasteiger partial charge in [0, 0.05) is 31.3 Å². The summed E-state index contributed by atoms with van der Waals surface area (Å²) in [5.41, 5.74) is 6.82. The molecule has 2 bridgehead atoms. The summed E-state index contributed by atoms with van der Waals surface area (Å²) < 4.78 is 22.0. The Morgan fingerprint density at radius 3 is 2.33 bits per heavy atom. The Labute approximate surface area is 236 Å². The summed E-state index contributed by atoms with van der Waals surface area (Å²) >= 11 is 0. The van der Waals surface area contributed by atoms with Crippen molar-refractivity contribution < 1.29 is 43.9 Å². The number of aliphatic hydroxyl groups is 3. The van der Waals surface area contributed by atoms with Crippen LogP contribution in [0.4, 0.5) is 4.79 Å². The number of hydrogen-bond donors (Lipinski definition) is 5. The largest absolute Gasteiger partial charge is 0.498 e. The molecule has 2 rings (SSSR count). The smallest absolute Gasteiger partial charge is 0.405 e. The predicted molar refractivity (Wildman–Crippen MR) is 149 cm³/mol. The van der Waals surface area contributed by atoms with Gasteiger partial charge in [-0.25, -0.2) is 4.79 Å². The van der Waals surface area contributed by atoms with Crippen LogP contribution in [0.15, 0.2) is 58.6 Å². The molecule has 0 saturated heterocycles. The SMILES string of the molecule is COC1=C2C[C@@H](C)C[C@H](OC)[C@H](O)[C@@H](C)C=C(C)[C@H](OC(N)=O)[C@@H](OC)C=CC=C(C)C(=O)NC(=CC1O)C2O. The van der Waals surface area contributed by atoms with Crippen molar-refractivity contribution in [1.29, 1.82) is 0 Å². The molecule has 224 valence electrons. The minimum atomic E-state index is -1.21. The van der Waals surface area contributed by atoms with Gasteiger partial charge in [-0.15, -0.1) is 0 Å². The molecule has 0 aromatic carbocycles. The zero-order valence-electron chi connectivity index (χ0n) is 24.3. The molecule has 1 aliphatic heterocycles. The molecule has 0 spiro atoms. The second-order valence-electron chi connectivity index (χ2n) is 10.4. The van der Waals surface area contributed by atoms with E-state index in [4.69, 9.17) is 24.7 Å². The highest BCUT2D eigenvalue weighted by Gasteiger charge is 2.34. The molecule has 0 aromatic rings. The van der Waals surface area contributed by atoms with E-state index in [9.17, 15) is 24.9 Å². The lowest BCUT2D eigenvalue weighted by atomic mass is 9.84. The number of rotatable bonds is 4. The molecular weight excluding hydrogens is 520 g/mol. The first kappa shape index (κ1) is 33.2. The van der Waals surface area contributed by atoms with Gasteiger partial charge in [0.1, 0.15) is 24.1 Å². The number of fused-ring (bicyclic) bond motifs is 2. The molecule has 8 atom stereocenters. The fraction of sp³-hybridized carbons (Fsp3) is 0.586. The lowest BCUT2D eigenvalue weighted by Crippen LogP contribution is -2.38. The third-order valence-corrected chi connectivity index (χ3v) is 7.24. The topological polar surface area (TPSA) is 170 Å². The van der Waals surface area contributed by atoms with Gasteiger partial charge in [-0.1, -0.05) is 38.2 Å². The van der Waals surface area contributed by atoms with Gasteiger partial charge in [-0.3, -0.25) is 4.79 Å². The standard InChI is InChI=1S/C29H44N2O9/c1-15-11-19-25(34)20(14-21(32)27(19)39-7)31-28(35)16(2)9-8-10-22(37-5)26(40-29(30)36)18(4)13-17(3)24(33)23(12-15)38-6/h8-10,13-15,17,21-26,32-34H,11-12H2,1-7H3,(H2,30,36)(H,31,35)/t15-,17+,21?,22+,23+,24-,25?,26+/m1/s1. The number of allylic oxidation sites excluding steroid dienone is 2. The van der Waals surface area contributed by atoms with Crippen molar-refractivity contribution in [2.75, 3.05) is 21.3 Å². The van der Waals surface area contributed by atoms with Crippen LogP contribution in [0.25, 0.3) is 0 Å². The van der Waals surface area contributed by atoms with Gasteiger partial charge in [-0.05, 0) is 44.3 Å². The molecule has 1 aliphatic carbocycles. The lowest BCUT2D eigenvalue weighted by molar-refractivity contribution is -0.117. The molecule has 0 saturated carbocycles. The van der Waals surface area contributed by atoms with E-state index in [-0.39, 0.29) is 17.4 Å². The van der Waals surface area contributed by atoms with Crippen LogP contribution in [0.2, 0.25) is 0 Å². The minimum Gasteiger partial charge on any atom is -0.498 e. The lowest BCUT2D eigenvalue weighted by Gasteiger charge is -2.32. The highest BCUT2D eigenvalue weighted by atomic mass is 16.6. The number of nitrogens with one attached hydrogen (secondary N) is 1. The summed E-state index contributed by atoms with van der Waals surface area (Å²) in [6, 6.07) is 0. The molecule has 11 heteroatoms. The zero-order valence-corrected chi connectivity index (χ0v) is 24.3. The third-order valence-electron chi connectivity index (χ3n) is 7.24. The summed E-state index contributed by atoms with van der Waals surface area (Å²) in [5.74, 6) is -0.801. The van der Waals surface area contributed by atoms with Gasteiger partial charge < -0.3 is 45.3 Å². The average molecular weight is 565 g/mol. The van der Waals surface area contributed by atoms with Crippen molar-refractivity contribution in [1.82, 2.24) is 5.32 Å². The fourth-order valence-corrected chi connectivity index (χ4v) is 5.06.